The van der Waals surface area contributed by atoms with E-state index in [4.69, 9.17) is 19.7 Å². The molecule has 2 bridgehead atoms. The van der Waals surface area contributed by atoms with E-state index in [0.717, 1.165) is 0 Å². The number of hydrogen-bond donors (Lipinski definition) is 3. The lowest BCUT2D eigenvalue weighted by molar-refractivity contribution is -0.485. The molecule has 0 amide bonds. The Morgan fingerprint density at radius 3 is 2.27 bits per heavy atom. The van der Waals surface area contributed by atoms with E-state index in [9.17, 15) is 5.11 Å². The van der Waals surface area contributed by atoms with Gasteiger partial charge in [-0.15, -0.1) is 0 Å². The topological polar surface area (TPSA) is 79.2 Å². The van der Waals surface area contributed by atoms with Crippen LogP contribution >= 0.6 is 0 Å². The molecule has 5 heteroatoms. The fraction of sp³-hybridized carbons (Fsp3) is 1.00. The molecule has 3 N–H and O–H groups in total. The highest BCUT2D eigenvalue weighted by atomic mass is 16.8. The summed E-state index contributed by atoms with van der Waals surface area (Å²) in [6, 6.07) is 0. The fourth-order valence-electron chi connectivity index (χ4n) is 1.46. The number of hydrogen-bond acceptors (Lipinski definition) is 5. The van der Waals surface area contributed by atoms with Crippen LogP contribution in [0.25, 0.3) is 0 Å². The van der Waals surface area contributed by atoms with E-state index < -0.39 is 30.4 Å². The molecule has 5 unspecified atom stereocenters. The number of aliphatic hydroxyl groups excluding tert-OH is 3. The summed E-state index contributed by atoms with van der Waals surface area (Å²) in [5.41, 5.74) is 0. The van der Waals surface area contributed by atoms with Gasteiger partial charge in [-0.05, 0) is 6.92 Å². The summed E-state index contributed by atoms with van der Waals surface area (Å²) in [4.78, 5) is 0. The molecule has 0 radical (unpaired) electrons. The molecule has 0 spiro atoms. The molecule has 3 aliphatic heterocycles. The van der Waals surface area contributed by atoms with Gasteiger partial charge in [0.2, 0.25) is 0 Å². The van der Waals surface area contributed by atoms with Crippen LogP contribution in [-0.4, -0.2) is 45.7 Å². The molecule has 3 heterocycles. The Labute approximate surface area is 63.2 Å². The summed E-state index contributed by atoms with van der Waals surface area (Å²) in [6.07, 6.45) is -3.95. The highest BCUT2D eigenvalue weighted by molar-refractivity contribution is 5.01. The minimum Gasteiger partial charge on any atom is -0.385 e. The Kier molecular flexibility index (Phi) is 1.31. The van der Waals surface area contributed by atoms with Gasteiger partial charge in [-0.1, -0.05) is 0 Å². The van der Waals surface area contributed by atoms with Crippen molar-refractivity contribution in [3.05, 3.63) is 0 Å². The molecule has 64 valence electrons. The fourth-order valence-corrected chi connectivity index (χ4v) is 1.46. The van der Waals surface area contributed by atoms with Crippen molar-refractivity contribution in [2.45, 2.75) is 37.3 Å². The summed E-state index contributed by atoms with van der Waals surface area (Å²) in [5.74, 6) is -1.12. The maximum absolute atomic E-state index is 9.25. The largest absolute Gasteiger partial charge is 0.385 e. The van der Waals surface area contributed by atoms with Crippen LogP contribution < -0.4 is 0 Å². The first kappa shape index (κ1) is 7.45. The van der Waals surface area contributed by atoms with Gasteiger partial charge in [-0.2, -0.15) is 0 Å². The van der Waals surface area contributed by atoms with Gasteiger partial charge in [0.1, 0.15) is 18.3 Å². The maximum atomic E-state index is 9.25. The van der Waals surface area contributed by atoms with Crippen molar-refractivity contribution in [1.82, 2.24) is 0 Å². The predicted molar refractivity (Wildman–Crippen MR) is 32.4 cm³/mol. The lowest BCUT2D eigenvalue weighted by Gasteiger charge is -2.56. The Hall–Kier alpha value is -0.200. The van der Waals surface area contributed by atoms with Gasteiger partial charge in [-0.3, -0.25) is 0 Å². The number of ether oxygens (including phenoxy) is 2. The molecule has 5 nitrogen and oxygen atoms in total. The zero-order valence-electron chi connectivity index (χ0n) is 5.97. The quantitative estimate of drug-likeness (QED) is 0.390. The van der Waals surface area contributed by atoms with Crippen molar-refractivity contribution in [3.8, 4) is 0 Å². The number of aliphatic hydroxyl groups is 3. The zero-order chi connectivity index (χ0) is 8.22. The average molecular weight is 162 g/mol. The Bertz CT molecular complexity index is 180. The first-order valence-corrected chi connectivity index (χ1v) is 3.44. The number of rotatable bonds is 0. The molecule has 0 aromatic heterocycles. The molecule has 3 rings (SSSR count). The van der Waals surface area contributed by atoms with Crippen LogP contribution in [0, 0.1) is 0 Å². The number of fused-ring (bicyclic) bond motifs is 2. The van der Waals surface area contributed by atoms with Crippen molar-refractivity contribution in [1.29, 1.82) is 0 Å². The van der Waals surface area contributed by atoms with Gasteiger partial charge in [0.25, 0.3) is 0 Å². The molecule has 0 aliphatic carbocycles. The van der Waals surface area contributed by atoms with Crippen molar-refractivity contribution >= 4 is 0 Å². The summed E-state index contributed by atoms with van der Waals surface area (Å²) in [6.45, 7) is 1.52. The van der Waals surface area contributed by atoms with E-state index in [1.165, 1.54) is 6.92 Å². The summed E-state index contributed by atoms with van der Waals surface area (Å²) in [7, 11) is 0. The molecule has 5 atom stereocenters. The van der Waals surface area contributed by atoms with Crippen molar-refractivity contribution in [2.24, 2.45) is 0 Å². The first-order chi connectivity index (χ1) is 5.04. The van der Waals surface area contributed by atoms with Crippen LogP contribution in [0.3, 0.4) is 0 Å². The molecule has 3 saturated heterocycles. The monoisotopic (exact) mass is 162 g/mol. The second-order valence-electron chi connectivity index (χ2n) is 3.04. The molecule has 11 heavy (non-hydrogen) atoms. The van der Waals surface area contributed by atoms with Crippen LogP contribution in [0.5, 0.6) is 0 Å². The molecule has 3 aliphatic rings. The van der Waals surface area contributed by atoms with E-state index in [2.05, 4.69) is 0 Å². The molecule has 0 aromatic rings. The van der Waals surface area contributed by atoms with Gasteiger partial charge in [0.15, 0.2) is 12.1 Å². The smallest absolute Gasteiger partial charge is 0.197 e. The van der Waals surface area contributed by atoms with Crippen LogP contribution in [0.1, 0.15) is 6.92 Å². The van der Waals surface area contributed by atoms with Crippen LogP contribution in [-0.2, 0) is 9.47 Å². The minimum atomic E-state index is -1.25. The molecular formula is C6H10O5. The predicted octanol–water partition coefficient (Wildman–Crippen LogP) is -1.83. The lowest BCUT2D eigenvalue weighted by atomic mass is 9.90. The van der Waals surface area contributed by atoms with E-state index in [1.807, 2.05) is 0 Å². The SMILES string of the molecule is CC12OC(O)C(O)C(O1)C2O. The van der Waals surface area contributed by atoms with Crippen LogP contribution in [0.15, 0.2) is 0 Å². The summed E-state index contributed by atoms with van der Waals surface area (Å²) in [5, 5.41) is 27.4. The van der Waals surface area contributed by atoms with Gasteiger partial charge >= 0.3 is 0 Å². The Morgan fingerprint density at radius 2 is 1.82 bits per heavy atom. The summed E-state index contributed by atoms with van der Waals surface area (Å²) < 4.78 is 9.77. The third-order valence-electron chi connectivity index (χ3n) is 2.20. The Morgan fingerprint density at radius 1 is 1.18 bits per heavy atom. The van der Waals surface area contributed by atoms with Crippen LogP contribution in [0.2, 0.25) is 0 Å². The van der Waals surface area contributed by atoms with Crippen molar-refractivity contribution < 1.29 is 24.8 Å². The lowest BCUT2D eigenvalue weighted by Crippen LogP contribution is -2.75. The van der Waals surface area contributed by atoms with Crippen molar-refractivity contribution in [3.63, 3.8) is 0 Å². The second kappa shape index (κ2) is 1.94. The third-order valence-corrected chi connectivity index (χ3v) is 2.20. The highest BCUT2D eigenvalue weighted by Gasteiger charge is 2.62. The standard InChI is InChI=1S/C6H10O5/c1-6-4(8)3(10-6)2(7)5(9)11-6/h2-5,7-9H,1H3. The van der Waals surface area contributed by atoms with Gasteiger partial charge in [0.05, 0.1) is 0 Å². The molecule has 0 aromatic carbocycles. The van der Waals surface area contributed by atoms with Gasteiger partial charge < -0.3 is 24.8 Å². The maximum Gasteiger partial charge on any atom is 0.197 e. The molecule has 0 saturated carbocycles. The average Bonchev–Trinajstić information content (AvgIpc) is 1.96. The zero-order valence-corrected chi connectivity index (χ0v) is 5.97. The van der Waals surface area contributed by atoms with Crippen LogP contribution in [0.4, 0.5) is 0 Å². The summed E-state index contributed by atoms with van der Waals surface area (Å²) >= 11 is 0. The normalized spacial score (nSPS) is 62.2. The second-order valence-corrected chi connectivity index (χ2v) is 3.04. The first-order valence-electron chi connectivity index (χ1n) is 3.44. The minimum absolute atomic E-state index is 0.705. The van der Waals surface area contributed by atoms with E-state index in [1.54, 1.807) is 0 Å². The van der Waals surface area contributed by atoms with E-state index in [-0.39, 0.29) is 0 Å². The van der Waals surface area contributed by atoms with Gasteiger partial charge in [0, 0.05) is 0 Å². The van der Waals surface area contributed by atoms with E-state index >= 15 is 0 Å². The van der Waals surface area contributed by atoms with Gasteiger partial charge in [-0.25, -0.2) is 0 Å². The van der Waals surface area contributed by atoms with Crippen molar-refractivity contribution in [2.75, 3.05) is 0 Å². The van der Waals surface area contributed by atoms with E-state index in [0.29, 0.717) is 0 Å². The molecule has 3 fully saturated rings. The third kappa shape index (κ3) is 0.771. The molecular weight excluding hydrogens is 152 g/mol. The highest BCUT2D eigenvalue weighted by Crippen LogP contribution is 2.42. The Balaban J connectivity index is 2.16.